The highest BCUT2D eigenvalue weighted by Crippen LogP contribution is 2.35. The first-order valence-corrected chi connectivity index (χ1v) is 8.35. The molecule has 0 aliphatic heterocycles. The molecule has 7 heteroatoms. The Bertz CT molecular complexity index is 1100. The zero-order valence-electron chi connectivity index (χ0n) is 13.7. The van der Waals surface area contributed by atoms with Crippen molar-refractivity contribution in [3.8, 4) is 0 Å². The molecule has 0 saturated heterocycles. The number of nitrogens with zero attached hydrogens (tertiary/aromatic N) is 4. The number of nitrogens with one attached hydrogen (secondary N) is 1. The monoisotopic (exact) mass is 335 g/mol. The van der Waals surface area contributed by atoms with Crippen LogP contribution in [0.4, 0.5) is 6.01 Å². The van der Waals surface area contributed by atoms with Crippen LogP contribution in [-0.4, -0.2) is 25.1 Å². The molecule has 0 radical (unpaired) electrons. The number of aromatic nitrogens is 4. The Hall–Kier alpha value is -3.09. The third-order valence-corrected chi connectivity index (χ3v) is 4.95. The average Bonchev–Trinajstić information content (AvgIpc) is 3.11. The molecule has 7 nitrogen and oxygen atoms in total. The standard InChI is InChI=1S/C18H17N5O2/c1-22-14-6-4-8-19-16(14)23(18(22)24)12-9-11(10-12)20-17-21-13-5-2-3-7-15(13)25-17/h2-8,11-12H,9-10H2,1H3,(H,20,21)/t11-,12-. The van der Waals surface area contributed by atoms with E-state index in [-0.39, 0.29) is 17.8 Å². The molecular formula is C18H17N5O2. The minimum atomic E-state index is -0.0148. The zero-order chi connectivity index (χ0) is 17.0. The molecule has 1 aromatic carbocycles. The fourth-order valence-electron chi connectivity index (χ4n) is 3.55. The summed E-state index contributed by atoms with van der Waals surface area (Å²) < 4.78 is 9.17. The molecule has 5 rings (SSSR count). The van der Waals surface area contributed by atoms with Gasteiger partial charge in [0.05, 0.1) is 5.52 Å². The second kappa shape index (κ2) is 5.20. The van der Waals surface area contributed by atoms with Crippen molar-refractivity contribution in [2.75, 3.05) is 5.32 Å². The molecule has 1 aliphatic carbocycles. The van der Waals surface area contributed by atoms with Crippen LogP contribution in [0.5, 0.6) is 0 Å². The smallest absolute Gasteiger partial charge is 0.330 e. The van der Waals surface area contributed by atoms with E-state index in [4.69, 9.17) is 4.42 Å². The number of oxazole rings is 1. The minimum Gasteiger partial charge on any atom is -0.424 e. The van der Waals surface area contributed by atoms with Crippen LogP contribution in [0.3, 0.4) is 0 Å². The summed E-state index contributed by atoms with van der Waals surface area (Å²) in [5.74, 6) is 0. The lowest BCUT2D eigenvalue weighted by molar-refractivity contribution is 0.277. The zero-order valence-corrected chi connectivity index (χ0v) is 13.7. The van der Waals surface area contributed by atoms with Gasteiger partial charge in [-0.2, -0.15) is 4.98 Å². The first-order valence-electron chi connectivity index (χ1n) is 8.35. The van der Waals surface area contributed by atoms with E-state index in [0.29, 0.717) is 6.01 Å². The number of anilines is 1. The summed E-state index contributed by atoms with van der Waals surface area (Å²) in [4.78, 5) is 21.4. The molecule has 3 aromatic heterocycles. The largest absolute Gasteiger partial charge is 0.424 e. The number of fused-ring (bicyclic) bond motifs is 2. The van der Waals surface area contributed by atoms with E-state index >= 15 is 0 Å². The molecule has 1 aliphatic rings. The van der Waals surface area contributed by atoms with Gasteiger partial charge >= 0.3 is 5.69 Å². The summed E-state index contributed by atoms with van der Waals surface area (Å²) in [6.45, 7) is 0. The molecule has 0 atom stereocenters. The third-order valence-electron chi connectivity index (χ3n) is 4.95. The Labute approximate surface area is 142 Å². The molecule has 126 valence electrons. The quantitative estimate of drug-likeness (QED) is 0.623. The van der Waals surface area contributed by atoms with Gasteiger partial charge in [0.2, 0.25) is 0 Å². The molecule has 0 spiro atoms. The van der Waals surface area contributed by atoms with Crippen LogP contribution < -0.4 is 11.0 Å². The molecule has 0 unspecified atom stereocenters. The van der Waals surface area contributed by atoms with E-state index in [9.17, 15) is 4.79 Å². The Balaban J connectivity index is 1.37. The molecular weight excluding hydrogens is 318 g/mol. The normalized spacial score (nSPS) is 20.0. The first-order chi connectivity index (χ1) is 12.2. The number of pyridine rings is 1. The highest BCUT2D eigenvalue weighted by atomic mass is 16.4. The number of imidazole rings is 1. The predicted octanol–water partition coefficient (Wildman–Crippen LogP) is 2.69. The van der Waals surface area contributed by atoms with Crippen molar-refractivity contribution in [2.45, 2.75) is 24.9 Å². The van der Waals surface area contributed by atoms with Crippen LogP contribution in [0.2, 0.25) is 0 Å². The summed E-state index contributed by atoms with van der Waals surface area (Å²) in [5.41, 5.74) is 3.22. The van der Waals surface area contributed by atoms with Gasteiger partial charge in [-0.1, -0.05) is 12.1 Å². The lowest BCUT2D eigenvalue weighted by Gasteiger charge is -2.35. The molecule has 0 amide bonds. The molecule has 4 aromatic rings. The van der Waals surface area contributed by atoms with Gasteiger partial charge in [-0.25, -0.2) is 9.78 Å². The maximum atomic E-state index is 12.5. The van der Waals surface area contributed by atoms with E-state index in [1.165, 1.54) is 0 Å². The summed E-state index contributed by atoms with van der Waals surface area (Å²) >= 11 is 0. The van der Waals surface area contributed by atoms with Crippen molar-refractivity contribution >= 4 is 28.3 Å². The predicted molar refractivity (Wildman–Crippen MR) is 94.7 cm³/mol. The number of hydrogen-bond acceptors (Lipinski definition) is 5. The van der Waals surface area contributed by atoms with E-state index in [1.54, 1.807) is 22.4 Å². The van der Waals surface area contributed by atoms with Gasteiger partial charge in [0.25, 0.3) is 6.01 Å². The Kier molecular flexibility index (Phi) is 2.97. The molecule has 3 heterocycles. The topological polar surface area (TPSA) is 77.9 Å². The molecule has 1 fully saturated rings. The Morgan fingerprint density at radius 2 is 2.04 bits per heavy atom. The number of hydrogen-bond donors (Lipinski definition) is 1. The van der Waals surface area contributed by atoms with Crippen molar-refractivity contribution in [2.24, 2.45) is 7.05 Å². The number of para-hydroxylation sites is 2. The average molecular weight is 335 g/mol. The fraction of sp³-hybridized carbons (Fsp3) is 0.278. The van der Waals surface area contributed by atoms with Crippen molar-refractivity contribution in [1.82, 2.24) is 19.1 Å². The van der Waals surface area contributed by atoms with Crippen molar-refractivity contribution < 1.29 is 4.42 Å². The van der Waals surface area contributed by atoms with Gasteiger partial charge in [0.15, 0.2) is 11.2 Å². The summed E-state index contributed by atoms with van der Waals surface area (Å²) in [6.07, 6.45) is 3.41. The SMILES string of the molecule is Cn1c(=O)n([C@H]2C[C@H](Nc3nc4ccccc4o3)C2)c2ncccc21. The minimum absolute atomic E-state index is 0.0148. The van der Waals surface area contributed by atoms with E-state index < -0.39 is 0 Å². The van der Waals surface area contributed by atoms with Crippen LogP contribution in [0, 0.1) is 0 Å². The Morgan fingerprint density at radius 3 is 2.88 bits per heavy atom. The van der Waals surface area contributed by atoms with Crippen LogP contribution in [-0.2, 0) is 7.05 Å². The molecule has 25 heavy (non-hydrogen) atoms. The highest BCUT2D eigenvalue weighted by molar-refractivity contribution is 5.74. The van der Waals surface area contributed by atoms with Crippen molar-refractivity contribution in [1.29, 1.82) is 0 Å². The van der Waals surface area contributed by atoms with E-state index in [2.05, 4.69) is 15.3 Å². The van der Waals surface area contributed by atoms with Crippen molar-refractivity contribution in [3.05, 3.63) is 53.1 Å². The molecule has 1 N–H and O–H groups in total. The van der Waals surface area contributed by atoms with Crippen LogP contribution >= 0.6 is 0 Å². The van der Waals surface area contributed by atoms with Gasteiger partial charge in [0, 0.05) is 25.3 Å². The third kappa shape index (κ3) is 2.15. The number of aryl methyl sites for hydroxylation is 1. The highest BCUT2D eigenvalue weighted by Gasteiger charge is 2.34. The molecule has 1 saturated carbocycles. The van der Waals surface area contributed by atoms with E-state index in [0.717, 1.165) is 35.1 Å². The van der Waals surface area contributed by atoms with Crippen LogP contribution in [0.15, 0.2) is 51.8 Å². The lowest BCUT2D eigenvalue weighted by atomic mass is 9.86. The fourth-order valence-corrected chi connectivity index (χ4v) is 3.55. The number of rotatable bonds is 3. The van der Waals surface area contributed by atoms with Gasteiger partial charge in [-0.05, 0) is 37.1 Å². The first kappa shape index (κ1) is 14.3. The van der Waals surface area contributed by atoms with E-state index in [1.807, 2.05) is 36.4 Å². The van der Waals surface area contributed by atoms with Gasteiger partial charge in [0.1, 0.15) is 5.52 Å². The summed E-state index contributed by atoms with van der Waals surface area (Å²) in [5, 5.41) is 3.32. The van der Waals surface area contributed by atoms with Crippen LogP contribution in [0.25, 0.3) is 22.3 Å². The van der Waals surface area contributed by atoms with Crippen LogP contribution in [0.1, 0.15) is 18.9 Å². The molecule has 0 bridgehead atoms. The lowest BCUT2D eigenvalue weighted by Crippen LogP contribution is -2.41. The second-order valence-corrected chi connectivity index (χ2v) is 6.51. The van der Waals surface area contributed by atoms with Crippen molar-refractivity contribution in [3.63, 3.8) is 0 Å². The maximum Gasteiger partial charge on any atom is 0.330 e. The van der Waals surface area contributed by atoms with Gasteiger partial charge in [-0.15, -0.1) is 0 Å². The Morgan fingerprint density at radius 1 is 1.20 bits per heavy atom. The summed E-state index contributed by atoms with van der Waals surface area (Å²) in [6, 6.07) is 12.4. The summed E-state index contributed by atoms with van der Waals surface area (Å²) in [7, 11) is 1.79. The maximum absolute atomic E-state index is 12.5. The van der Waals surface area contributed by atoms with Gasteiger partial charge < -0.3 is 9.73 Å². The van der Waals surface area contributed by atoms with Gasteiger partial charge in [-0.3, -0.25) is 9.13 Å². The number of benzene rings is 1. The second-order valence-electron chi connectivity index (χ2n) is 6.51.